The van der Waals surface area contributed by atoms with E-state index in [0.29, 0.717) is 11.3 Å². The number of ether oxygens (including phenoxy) is 1. The maximum Gasteiger partial charge on any atom is 0.277 e. The molecule has 0 unspecified atom stereocenters. The van der Waals surface area contributed by atoms with Gasteiger partial charge in [-0.15, -0.1) is 10.2 Å². The van der Waals surface area contributed by atoms with Gasteiger partial charge in [0.15, 0.2) is 11.6 Å². The first-order valence-electron chi connectivity index (χ1n) is 7.10. The number of nitrogens with zero attached hydrogens (tertiary/aromatic N) is 3. The summed E-state index contributed by atoms with van der Waals surface area (Å²) in [6.07, 6.45) is 0. The summed E-state index contributed by atoms with van der Waals surface area (Å²) in [5.41, 5.74) is 1.14. The SMILES string of the molecule is COc1ccc(CSc2nnc(-c3cccc([N+](=O)[O-])c3)o2)cc1F. The topological polar surface area (TPSA) is 91.3 Å². The van der Waals surface area contributed by atoms with Crippen molar-refractivity contribution >= 4 is 17.4 Å². The van der Waals surface area contributed by atoms with Crippen molar-refractivity contribution in [2.75, 3.05) is 7.11 Å². The molecule has 0 saturated heterocycles. The molecule has 0 amide bonds. The molecule has 25 heavy (non-hydrogen) atoms. The zero-order chi connectivity index (χ0) is 17.8. The minimum Gasteiger partial charge on any atom is -0.494 e. The fraction of sp³-hybridized carbons (Fsp3) is 0.125. The largest absolute Gasteiger partial charge is 0.494 e. The van der Waals surface area contributed by atoms with Crippen LogP contribution in [-0.4, -0.2) is 22.2 Å². The normalized spacial score (nSPS) is 10.6. The zero-order valence-corrected chi connectivity index (χ0v) is 13.8. The van der Waals surface area contributed by atoms with E-state index in [4.69, 9.17) is 9.15 Å². The van der Waals surface area contributed by atoms with Gasteiger partial charge in [0.1, 0.15) is 0 Å². The summed E-state index contributed by atoms with van der Waals surface area (Å²) in [6, 6.07) is 10.6. The Labute approximate surface area is 146 Å². The lowest BCUT2D eigenvalue weighted by atomic mass is 10.2. The van der Waals surface area contributed by atoms with Gasteiger partial charge in [0.05, 0.1) is 12.0 Å². The Morgan fingerprint density at radius 1 is 1.28 bits per heavy atom. The molecule has 0 aliphatic carbocycles. The second-order valence-corrected chi connectivity index (χ2v) is 5.86. The highest BCUT2D eigenvalue weighted by molar-refractivity contribution is 7.98. The van der Waals surface area contributed by atoms with Crippen molar-refractivity contribution in [2.45, 2.75) is 11.0 Å². The average molecular weight is 361 g/mol. The van der Waals surface area contributed by atoms with Crippen LogP contribution in [0.3, 0.4) is 0 Å². The van der Waals surface area contributed by atoms with E-state index in [0.717, 1.165) is 5.56 Å². The number of non-ortho nitro benzene ring substituents is 1. The average Bonchev–Trinajstić information content (AvgIpc) is 3.09. The lowest BCUT2D eigenvalue weighted by Gasteiger charge is -2.03. The molecule has 0 bridgehead atoms. The van der Waals surface area contributed by atoms with Crippen LogP contribution in [0.1, 0.15) is 5.56 Å². The fourth-order valence-corrected chi connectivity index (χ4v) is 2.79. The van der Waals surface area contributed by atoms with Crippen LogP contribution in [0.4, 0.5) is 10.1 Å². The Balaban J connectivity index is 1.71. The maximum atomic E-state index is 13.7. The first-order chi connectivity index (χ1) is 12.1. The second-order valence-electron chi connectivity index (χ2n) is 4.94. The summed E-state index contributed by atoms with van der Waals surface area (Å²) in [7, 11) is 1.40. The van der Waals surface area contributed by atoms with Crippen LogP contribution in [0.5, 0.6) is 5.75 Å². The highest BCUT2D eigenvalue weighted by Gasteiger charge is 2.13. The van der Waals surface area contributed by atoms with Crippen LogP contribution in [0.25, 0.3) is 11.5 Å². The Kier molecular flexibility index (Phi) is 4.94. The quantitative estimate of drug-likeness (QED) is 0.371. The zero-order valence-electron chi connectivity index (χ0n) is 13.0. The molecule has 0 aliphatic rings. The third kappa shape index (κ3) is 3.94. The summed E-state index contributed by atoms with van der Waals surface area (Å²) in [5.74, 6) is 0.354. The molecule has 0 aliphatic heterocycles. The molecule has 128 valence electrons. The summed E-state index contributed by atoms with van der Waals surface area (Å²) < 4.78 is 24.0. The van der Waals surface area contributed by atoms with Gasteiger partial charge in [-0.1, -0.05) is 23.9 Å². The molecule has 0 fully saturated rings. The lowest BCUT2D eigenvalue weighted by Crippen LogP contribution is -1.90. The van der Waals surface area contributed by atoms with Crippen LogP contribution in [-0.2, 0) is 5.75 Å². The number of benzene rings is 2. The predicted octanol–water partition coefficient (Wildman–Crippen LogP) is 4.08. The summed E-state index contributed by atoms with van der Waals surface area (Å²) in [5, 5.41) is 18.9. The summed E-state index contributed by atoms with van der Waals surface area (Å²) in [6.45, 7) is 0. The number of rotatable bonds is 6. The molecule has 1 heterocycles. The minimum atomic E-state index is -0.492. The van der Waals surface area contributed by atoms with Gasteiger partial charge in [-0.2, -0.15) is 0 Å². The molecule has 3 aromatic rings. The third-order valence-corrected chi connectivity index (χ3v) is 4.18. The van der Waals surface area contributed by atoms with E-state index in [9.17, 15) is 14.5 Å². The van der Waals surface area contributed by atoms with Gasteiger partial charge in [-0.05, 0) is 23.8 Å². The monoisotopic (exact) mass is 361 g/mol. The molecular formula is C16H12FN3O4S. The standard InChI is InChI=1S/C16H12FN3O4S/c1-23-14-6-5-10(7-13(14)17)9-25-16-19-18-15(24-16)11-3-2-4-12(8-11)20(21)22/h2-8H,9H2,1H3. The van der Waals surface area contributed by atoms with E-state index >= 15 is 0 Å². The third-order valence-electron chi connectivity index (χ3n) is 3.29. The maximum absolute atomic E-state index is 13.7. The minimum absolute atomic E-state index is 0.0568. The number of aromatic nitrogens is 2. The molecule has 2 aromatic carbocycles. The van der Waals surface area contributed by atoms with Gasteiger partial charge in [-0.25, -0.2) is 4.39 Å². The van der Waals surface area contributed by atoms with E-state index < -0.39 is 10.7 Å². The van der Waals surface area contributed by atoms with Crippen molar-refractivity contribution in [1.82, 2.24) is 10.2 Å². The van der Waals surface area contributed by atoms with Crippen molar-refractivity contribution in [3.05, 3.63) is 64.0 Å². The smallest absolute Gasteiger partial charge is 0.277 e. The number of nitro groups is 1. The fourth-order valence-electron chi connectivity index (χ4n) is 2.08. The Hall–Kier alpha value is -2.94. The van der Waals surface area contributed by atoms with Crippen LogP contribution >= 0.6 is 11.8 Å². The van der Waals surface area contributed by atoms with Gasteiger partial charge in [0.25, 0.3) is 10.9 Å². The molecule has 1 aromatic heterocycles. The number of halogens is 1. The molecular weight excluding hydrogens is 349 g/mol. The lowest BCUT2D eigenvalue weighted by molar-refractivity contribution is -0.384. The summed E-state index contributed by atoms with van der Waals surface area (Å²) in [4.78, 5) is 10.3. The number of hydrogen-bond acceptors (Lipinski definition) is 7. The van der Waals surface area contributed by atoms with Crippen LogP contribution < -0.4 is 4.74 Å². The second kappa shape index (κ2) is 7.31. The number of nitro benzene ring substituents is 1. The van der Waals surface area contributed by atoms with Gasteiger partial charge in [-0.3, -0.25) is 10.1 Å². The molecule has 3 rings (SSSR count). The summed E-state index contributed by atoms with van der Waals surface area (Å²) >= 11 is 1.24. The van der Waals surface area contributed by atoms with Crippen molar-refractivity contribution in [3.63, 3.8) is 0 Å². The van der Waals surface area contributed by atoms with Crippen molar-refractivity contribution < 1.29 is 18.5 Å². The molecule has 0 spiro atoms. The van der Waals surface area contributed by atoms with E-state index in [2.05, 4.69) is 10.2 Å². The Morgan fingerprint density at radius 3 is 2.84 bits per heavy atom. The number of methoxy groups -OCH3 is 1. The first-order valence-corrected chi connectivity index (χ1v) is 8.09. The van der Waals surface area contributed by atoms with E-state index in [1.807, 2.05) is 0 Å². The van der Waals surface area contributed by atoms with E-state index in [1.165, 1.54) is 37.1 Å². The molecule has 7 nitrogen and oxygen atoms in total. The van der Waals surface area contributed by atoms with Gasteiger partial charge in [0.2, 0.25) is 5.89 Å². The highest BCUT2D eigenvalue weighted by Crippen LogP contribution is 2.28. The van der Waals surface area contributed by atoms with Gasteiger partial charge in [0, 0.05) is 23.4 Å². The predicted molar refractivity (Wildman–Crippen MR) is 88.9 cm³/mol. The molecule has 0 radical (unpaired) electrons. The van der Waals surface area contributed by atoms with Crippen LogP contribution in [0.2, 0.25) is 0 Å². The van der Waals surface area contributed by atoms with Crippen molar-refractivity contribution in [2.24, 2.45) is 0 Å². The number of hydrogen-bond donors (Lipinski definition) is 0. The van der Waals surface area contributed by atoms with Crippen LogP contribution in [0.15, 0.2) is 52.1 Å². The van der Waals surface area contributed by atoms with E-state index in [-0.39, 0.29) is 22.6 Å². The van der Waals surface area contributed by atoms with Crippen LogP contribution in [0, 0.1) is 15.9 Å². The van der Waals surface area contributed by atoms with Crippen molar-refractivity contribution in [3.8, 4) is 17.2 Å². The highest BCUT2D eigenvalue weighted by atomic mass is 32.2. The van der Waals surface area contributed by atoms with E-state index in [1.54, 1.807) is 24.3 Å². The van der Waals surface area contributed by atoms with Gasteiger partial charge >= 0.3 is 0 Å². The molecule has 0 saturated carbocycles. The molecule has 0 atom stereocenters. The van der Waals surface area contributed by atoms with Gasteiger partial charge < -0.3 is 9.15 Å². The Bertz CT molecular complexity index is 916. The first kappa shape index (κ1) is 16.9. The molecule has 0 N–H and O–H groups in total. The van der Waals surface area contributed by atoms with Crippen molar-refractivity contribution in [1.29, 1.82) is 0 Å². The molecule has 9 heteroatoms. The Morgan fingerprint density at radius 2 is 2.12 bits per heavy atom. The number of thioether (sulfide) groups is 1.